The van der Waals surface area contributed by atoms with Gasteiger partial charge in [-0.15, -0.1) is 0 Å². The summed E-state index contributed by atoms with van der Waals surface area (Å²) in [5.41, 5.74) is 1.82. The predicted molar refractivity (Wildman–Crippen MR) is 69.2 cm³/mol. The summed E-state index contributed by atoms with van der Waals surface area (Å²) in [7, 11) is 0. The molecule has 0 amide bonds. The average Bonchev–Trinajstić information content (AvgIpc) is 2.23. The molecule has 3 rings (SSSR count). The zero-order valence-electron chi connectivity index (χ0n) is 10.3. The van der Waals surface area contributed by atoms with Crippen LogP contribution >= 0.6 is 0 Å². The summed E-state index contributed by atoms with van der Waals surface area (Å²) in [6.07, 6.45) is 20.5. The fourth-order valence-corrected chi connectivity index (χ4v) is 4.02. The minimum atomic E-state index is 0.850. The van der Waals surface area contributed by atoms with Crippen molar-refractivity contribution in [3.8, 4) is 0 Å². The number of allylic oxidation sites excluding steroid dienone is 4. The highest BCUT2D eigenvalue weighted by Crippen LogP contribution is 2.52. The lowest BCUT2D eigenvalue weighted by Crippen LogP contribution is -2.39. The number of hydrogen-bond acceptors (Lipinski definition) is 0. The number of fused-ring (bicyclic) bond motifs is 4. The number of hydrogen-bond donors (Lipinski definition) is 0. The molecule has 1 saturated carbocycles. The summed E-state index contributed by atoms with van der Waals surface area (Å²) < 4.78 is 0. The molecule has 3 aliphatic carbocycles. The van der Waals surface area contributed by atoms with Crippen molar-refractivity contribution in [3.63, 3.8) is 0 Å². The molecule has 0 aliphatic heterocycles. The average molecular weight is 216 g/mol. The van der Waals surface area contributed by atoms with Gasteiger partial charge in [0.15, 0.2) is 0 Å². The summed E-state index contributed by atoms with van der Waals surface area (Å²) >= 11 is 0. The molecule has 1 fully saturated rings. The lowest BCUT2D eigenvalue weighted by atomic mass is 9.56. The van der Waals surface area contributed by atoms with E-state index in [0.29, 0.717) is 0 Å². The van der Waals surface area contributed by atoms with E-state index < -0.39 is 0 Å². The molecule has 1 unspecified atom stereocenters. The molecule has 16 heavy (non-hydrogen) atoms. The summed E-state index contributed by atoms with van der Waals surface area (Å²) in [4.78, 5) is 0. The van der Waals surface area contributed by atoms with Gasteiger partial charge in [0.2, 0.25) is 0 Å². The molecule has 0 aromatic heterocycles. The molecule has 0 bridgehead atoms. The molecule has 0 heteroatoms. The monoisotopic (exact) mass is 216 g/mol. The van der Waals surface area contributed by atoms with Crippen LogP contribution in [0.15, 0.2) is 23.8 Å². The molecule has 3 atom stereocenters. The SMILES string of the molecule is C1=C\C2/C3=C/CCCCC[C@@H]3[C@H]2CCCC/1. The van der Waals surface area contributed by atoms with Gasteiger partial charge in [-0.2, -0.15) is 0 Å². The van der Waals surface area contributed by atoms with Crippen LogP contribution in [0.1, 0.15) is 57.8 Å². The minimum absolute atomic E-state index is 0.850. The van der Waals surface area contributed by atoms with Crippen LogP contribution < -0.4 is 0 Å². The zero-order valence-corrected chi connectivity index (χ0v) is 10.3. The van der Waals surface area contributed by atoms with Crippen molar-refractivity contribution in [2.45, 2.75) is 57.8 Å². The van der Waals surface area contributed by atoms with Gasteiger partial charge in [0.1, 0.15) is 0 Å². The van der Waals surface area contributed by atoms with Gasteiger partial charge in [0.05, 0.1) is 0 Å². The topological polar surface area (TPSA) is 0 Å². The second-order valence-corrected chi connectivity index (χ2v) is 5.85. The summed E-state index contributed by atoms with van der Waals surface area (Å²) in [5.74, 6) is 2.84. The van der Waals surface area contributed by atoms with Gasteiger partial charge in [-0.05, 0) is 50.4 Å². The third kappa shape index (κ3) is 1.87. The molecule has 0 aromatic carbocycles. The Bertz CT molecular complexity index is 297. The Morgan fingerprint density at radius 3 is 2.75 bits per heavy atom. The lowest BCUT2D eigenvalue weighted by Gasteiger charge is -2.48. The largest absolute Gasteiger partial charge is 0.0879 e. The van der Waals surface area contributed by atoms with Crippen molar-refractivity contribution in [3.05, 3.63) is 23.8 Å². The van der Waals surface area contributed by atoms with Gasteiger partial charge in [-0.25, -0.2) is 0 Å². The van der Waals surface area contributed by atoms with Crippen LogP contribution in [0.5, 0.6) is 0 Å². The Morgan fingerprint density at radius 2 is 1.75 bits per heavy atom. The summed E-state index contributed by atoms with van der Waals surface area (Å²) in [6, 6.07) is 0. The van der Waals surface area contributed by atoms with E-state index in [4.69, 9.17) is 0 Å². The van der Waals surface area contributed by atoms with Crippen LogP contribution in [0.3, 0.4) is 0 Å². The second-order valence-electron chi connectivity index (χ2n) is 5.85. The fraction of sp³-hybridized carbons (Fsp3) is 0.750. The highest BCUT2D eigenvalue weighted by atomic mass is 14.5. The van der Waals surface area contributed by atoms with E-state index in [2.05, 4.69) is 18.2 Å². The van der Waals surface area contributed by atoms with Gasteiger partial charge in [0.25, 0.3) is 0 Å². The molecular formula is C16H24. The Hall–Kier alpha value is -0.520. The third-order valence-corrected chi connectivity index (χ3v) is 4.89. The first-order valence-electron chi connectivity index (χ1n) is 7.33. The molecule has 0 saturated heterocycles. The normalized spacial score (nSPS) is 44.2. The van der Waals surface area contributed by atoms with Crippen molar-refractivity contribution in [2.24, 2.45) is 17.8 Å². The predicted octanol–water partition coefficient (Wildman–Crippen LogP) is 4.87. The van der Waals surface area contributed by atoms with Crippen molar-refractivity contribution in [1.29, 1.82) is 0 Å². The van der Waals surface area contributed by atoms with Crippen molar-refractivity contribution < 1.29 is 0 Å². The van der Waals surface area contributed by atoms with Crippen molar-refractivity contribution >= 4 is 0 Å². The van der Waals surface area contributed by atoms with E-state index in [0.717, 1.165) is 17.8 Å². The van der Waals surface area contributed by atoms with Crippen LogP contribution in [0.4, 0.5) is 0 Å². The smallest absolute Gasteiger partial charge is 0.00136 e. The molecule has 0 radical (unpaired) electrons. The first-order chi connectivity index (χ1) is 7.97. The van der Waals surface area contributed by atoms with E-state index in [1.807, 2.05) is 5.57 Å². The second kappa shape index (κ2) is 4.77. The van der Waals surface area contributed by atoms with Crippen LogP contribution in [-0.2, 0) is 0 Å². The quantitative estimate of drug-likeness (QED) is 0.507. The van der Waals surface area contributed by atoms with Crippen LogP contribution in [0.2, 0.25) is 0 Å². The molecule has 0 spiro atoms. The van der Waals surface area contributed by atoms with E-state index in [1.165, 1.54) is 57.8 Å². The van der Waals surface area contributed by atoms with E-state index in [9.17, 15) is 0 Å². The van der Waals surface area contributed by atoms with Gasteiger partial charge >= 0.3 is 0 Å². The highest BCUT2D eigenvalue weighted by Gasteiger charge is 2.43. The van der Waals surface area contributed by atoms with Crippen LogP contribution in [-0.4, -0.2) is 0 Å². The lowest BCUT2D eigenvalue weighted by molar-refractivity contribution is 0.168. The molecule has 0 aromatic rings. The molecular weight excluding hydrogens is 192 g/mol. The van der Waals surface area contributed by atoms with Crippen LogP contribution in [0.25, 0.3) is 0 Å². The van der Waals surface area contributed by atoms with Gasteiger partial charge in [-0.3, -0.25) is 0 Å². The van der Waals surface area contributed by atoms with Crippen molar-refractivity contribution in [1.82, 2.24) is 0 Å². The maximum atomic E-state index is 2.59. The minimum Gasteiger partial charge on any atom is -0.0879 e. The molecule has 3 aliphatic rings. The van der Waals surface area contributed by atoms with Crippen molar-refractivity contribution in [2.75, 3.05) is 0 Å². The maximum absolute atomic E-state index is 2.59. The Balaban J connectivity index is 1.79. The molecule has 0 heterocycles. The maximum Gasteiger partial charge on any atom is 0.00136 e. The molecule has 88 valence electrons. The fourth-order valence-electron chi connectivity index (χ4n) is 4.02. The Labute approximate surface area is 99.8 Å². The molecule has 0 N–H and O–H groups in total. The van der Waals surface area contributed by atoms with Gasteiger partial charge in [0, 0.05) is 5.92 Å². The highest BCUT2D eigenvalue weighted by molar-refractivity contribution is 5.29. The molecule has 0 nitrogen and oxygen atoms in total. The van der Waals surface area contributed by atoms with E-state index in [1.54, 1.807) is 0 Å². The summed E-state index contributed by atoms with van der Waals surface area (Å²) in [6.45, 7) is 0. The first-order valence-corrected chi connectivity index (χ1v) is 7.33. The first kappa shape index (κ1) is 10.6. The summed E-state index contributed by atoms with van der Waals surface area (Å²) in [5, 5.41) is 0. The number of rotatable bonds is 0. The Morgan fingerprint density at radius 1 is 0.875 bits per heavy atom. The standard InChI is InChI=1S/C16H24/c1-2-6-10-14-13(9-5-1)15-11-7-3-4-8-12-16(14)15/h5,9,11,13-14,16H,1-4,6-8,10,12H2/b9-5-,15-11-/t13?,14-,16+/m0/s1. The van der Waals surface area contributed by atoms with Gasteiger partial charge < -0.3 is 0 Å². The van der Waals surface area contributed by atoms with E-state index >= 15 is 0 Å². The third-order valence-electron chi connectivity index (χ3n) is 4.89. The zero-order chi connectivity index (χ0) is 10.8. The Kier molecular flexibility index (Phi) is 3.17. The van der Waals surface area contributed by atoms with E-state index in [-0.39, 0.29) is 0 Å². The van der Waals surface area contributed by atoms with Gasteiger partial charge in [-0.1, -0.05) is 43.1 Å². The van der Waals surface area contributed by atoms with Crippen LogP contribution in [0, 0.1) is 17.8 Å².